The number of amides is 3. The Hall–Kier alpha value is -2.00. The minimum atomic E-state index is -0.699. The van der Waals surface area contributed by atoms with Crippen LogP contribution in [0.3, 0.4) is 0 Å². The van der Waals surface area contributed by atoms with E-state index >= 15 is 0 Å². The van der Waals surface area contributed by atoms with Crippen molar-refractivity contribution in [2.24, 2.45) is 0 Å². The number of ether oxygens (including phenoxy) is 2. The molecular weight excluding hydrogens is 296 g/mol. The topological polar surface area (TPSA) is 111 Å². The van der Waals surface area contributed by atoms with Crippen LogP contribution in [0.25, 0.3) is 0 Å². The highest BCUT2D eigenvalue weighted by atomic mass is 16.7. The number of nitrogens with one attached hydrogen (secondary N) is 1. The van der Waals surface area contributed by atoms with Gasteiger partial charge in [-0.25, -0.2) is 4.79 Å². The third-order valence-electron chi connectivity index (χ3n) is 2.64. The molecular formula is C13H20N2O7. The Morgan fingerprint density at radius 3 is 2.23 bits per heavy atom. The minimum absolute atomic E-state index is 0.0665. The SMILES string of the molecule is CC(=O)NCCOCCOCCC(=O)ON1C(=O)CCC1=O. The van der Waals surface area contributed by atoms with E-state index in [2.05, 4.69) is 10.2 Å². The lowest BCUT2D eigenvalue weighted by atomic mass is 10.4. The summed E-state index contributed by atoms with van der Waals surface area (Å²) in [6, 6.07) is 0. The second-order valence-electron chi connectivity index (χ2n) is 4.50. The molecule has 0 radical (unpaired) electrons. The van der Waals surface area contributed by atoms with Gasteiger partial charge in [0.15, 0.2) is 0 Å². The highest BCUT2D eigenvalue weighted by Gasteiger charge is 2.32. The molecule has 0 unspecified atom stereocenters. The van der Waals surface area contributed by atoms with Gasteiger partial charge in [0.25, 0.3) is 11.8 Å². The number of carbonyl (C=O) groups excluding carboxylic acids is 4. The number of hydrogen-bond acceptors (Lipinski definition) is 7. The van der Waals surface area contributed by atoms with Crippen molar-refractivity contribution in [2.45, 2.75) is 26.2 Å². The smallest absolute Gasteiger partial charge is 0.335 e. The molecule has 124 valence electrons. The van der Waals surface area contributed by atoms with Crippen LogP contribution in [-0.2, 0) is 33.5 Å². The van der Waals surface area contributed by atoms with Crippen LogP contribution in [-0.4, -0.2) is 61.7 Å². The first-order valence-electron chi connectivity index (χ1n) is 6.97. The predicted molar refractivity (Wildman–Crippen MR) is 72.1 cm³/mol. The maximum absolute atomic E-state index is 11.4. The molecule has 0 spiro atoms. The summed E-state index contributed by atoms with van der Waals surface area (Å²) in [5.74, 6) is -1.83. The Labute approximate surface area is 127 Å². The van der Waals surface area contributed by atoms with Crippen LogP contribution < -0.4 is 5.32 Å². The molecule has 9 nitrogen and oxygen atoms in total. The molecule has 1 N–H and O–H groups in total. The molecule has 1 rings (SSSR count). The molecule has 0 aromatic carbocycles. The predicted octanol–water partition coefficient (Wildman–Crippen LogP) is -0.847. The van der Waals surface area contributed by atoms with E-state index in [1.54, 1.807) is 0 Å². The van der Waals surface area contributed by atoms with Gasteiger partial charge in [-0.05, 0) is 0 Å². The van der Waals surface area contributed by atoms with Crippen molar-refractivity contribution in [1.82, 2.24) is 10.4 Å². The zero-order valence-electron chi connectivity index (χ0n) is 12.5. The monoisotopic (exact) mass is 316 g/mol. The van der Waals surface area contributed by atoms with Crippen LogP contribution in [0.5, 0.6) is 0 Å². The van der Waals surface area contributed by atoms with E-state index < -0.39 is 17.8 Å². The summed E-state index contributed by atoms with van der Waals surface area (Å²) in [5, 5.41) is 3.09. The number of carbonyl (C=O) groups is 4. The van der Waals surface area contributed by atoms with Gasteiger partial charge in [-0.1, -0.05) is 0 Å². The average Bonchev–Trinajstić information content (AvgIpc) is 2.77. The van der Waals surface area contributed by atoms with Crippen molar-refractivity contribution >= 4 is 23.7 Å². The Kier molecular flexibility index (Phi) is 8.08. The Morgan fingerprint density at radius 1 is 1.05 bits per heavy atom. The van der Waals surface area contributed by atoms with Gasteiger partial charge in [0.1, 0.15) is 0 Å². The summed E-state index contributed by atoms with van der Waals surface area (Å²) in [6.07, 6.45) is 0.0693. The van der Waals surface area contributed by atoms with Gasteiger partial charge in [-0.15, -0.1) is 5.06 Å². The van der Waals surface area contributed by atoms with Gasteiger partial charge in [0.2, 0.25) is 5.91 Å². The molecule has 1 heterocycles. The summed E-state index contributed by atoms with van der Waals surface area (Å²) in [6.45, 7) is 2.95. The van der Waals surface area contributed by atoms with Crippen LogP contribution in [0.1, 0.15) is 26.2 Å². The highest BCUT2D eigenvalue weighted by Crippen LogP contribution is 2.12. The lowest BCUT2D eigenvalue weighted by Gasteiger charge is -2.12. The third kappa shape index (κ3) is 7.14. The fourth-order valence-corrected chi connectivity index (χ4v) is 1.58. The molecule has 1 aliphatic heterocycles. The summed E-state index contributed by atoms with van der Waals surface area (Å²) in [5.41, 5.74) is 0. The zero-order valence-corrected chi connectivity index (χ0v) is 12.5. The molecule has 3 amide bonds. The van der Waals surface area contributed by atoms with Crippen molar-refractivity contribution in [3.05, 3.63) is 0 Å². The molecule has 1 fully saturated rings. The highest BCUT2D eigenvalue weighted by molar-refractivity contribution is 6.01. The van der Waals surface area contributed by atoms with Crippen molar-refractivity contribution in [3.8, 4) is 0 Å². The molecule has 0 aromatic heterocycles. The summed E-state index contributed by atoms with van der Waals surface area (Å²) < 4.78 is 10.3. The van der Waals surface area contributed by atoms with Crippen molar-refractivity contribution in [2.75, 3.05) is 33.0 Å². The van der Waals surface area contributed by atoms with Gasteiger partial charge >= 0.3 is 5.97 Å². The zero-order chi connectivity index (χ0) is 16.4. The van der Waals surface area contributed by atoms with E-state index in [0.717, 1.165) is 0 Å². The fraction of sp³-hybridized carbons (Fsp3) is 0.692. The van der Waals surface area contributed by atoms with Crippen LogP contribution in [0.2, 0.25) is 0 Å². The van der Waals surface area contributed by atoms with Crippen LogP contribution in [0, 0.1) is 0 Å². The lowest BCUT2D eigenvalue weighted by Crippen LogP contribution is -2.32. The van der Waals surface area contributed by atoms with Gasteiger partial charge < -0.3 is 19.6 Å². The molecule has 0 saturated carbocycles. The summed E-state index contributed by atoms with van der Waals surface area (Å²) in [7, 11) is 0. The van der Waals surface area contributed by atoms with Gasteiger partial charge in [0, 0.05) is 26.3 Å². The van der Waals surface area contributed by atoms with Crippen molar-refractivity contribution in [1.29, 1.82) is 0 Å². The first-order chi connectivity index (χ1) is 10.5. The third-order valence-corrected chi connectivity index (χ3v) is 2.64. The van der Waals surface area contributed by atoms with Crippen molar-refractivity contribution in [3.63, 3.8) is 0 Å². The molecule has 0 atom stereocenters. The normalized spacial score (nSPS) is 14.3. The van der Waals surface area contributed by atoms with Crippen LogP contribution in [0.4, 0.5) is 0 Å². The maximum Gasteiger partial charge on any atom is 0.335 e. The average molecular weight is 316 g/mol. The van der Waals surface area contributed by atoms with E-state index in [-0.39, 0.29) is 38.4 Å². The number of rotatable bonds is 10. The van der Waals surface area contributed by atoms with E-state index in [9.17, 15) is 19.2 Å². The van der Waals surface area contributed by atoms with E-state index in [1.807, 2.05) is 0 Å². The molecule has 0 aromatic rings. The van der Waals surface area contributed by atoms with Gasteiger partial charge in [-0.3, -0.25) is 14.4 Å². The number of imide groups is 1. The Balaban J connectivity index is 1.96. The molecule has 22 heavy (non-hydrogen) atoms. The second-order valence-corrected chi connectivity index (χ2v) is 4.50. The van der Waals surface area contributed by atoms with Crippen LogP contribution >= 0.6 is 0 Å². The standard InChI is InChI=1S/C13H20N2O7/c1-10(16)14-5-7-21-9-8-20-6-4-13(19)22-15-11(17)2-3-12(15)18/h2-9H2,1H3,(H,14,16). The first kappa shape index (κ1) is 18.1. The molecule has 1 aliphatic rings. The Bertz CT molecular complexity index is 409. The number of nitrogens with zero attached hydrogens (tertiary/aromatic N) is 1. The molecule has 0 aliphatic carbocycles. The Morgan fingerprint density at radius 2 is 1.64 bits per heavy atom. The molecule has 0 bridgehead atoms. The number of hydrogen-bond donors (Lipinski definition) is 1. The summed E-state index contributed by atoms with van der Waals surface area (Å²) >= 11 is 0. The van der Waals surface area contributed by atoms with Gasteiger partial charge in [0.05, 0.1) is 32.8 Å². The largest absolute Gasteiger partial charge is 0.378 e. The quantitative estimate of drug-likeness (QED) is 0.413. The second kappa shape index (κ2) is 9.85. The van der Waals surface area contributed by atoms with Crippen LogP contribution in [0.15, 0.2) is 0 Å². The number of hydroxylamine groups is 2. The lowest BCUT2D eigenvalue weighted by molar-refractivity contribution is -0.198. The minimum Gasteiger partial charge on any atom is -0.378 e. The first-order valence-corrected chi connectivity index (χ1v) is 6.97. The van der Waals surface area contributed by atoms with Crippen molar-refractivity contribution < 1.29 is 33.5 Å². The van der Waals surface area contributed by atoms with E-state index in [1.165, 1.54) is 6.92 Å². The molecule has 9 heteroatoms. The summed E-state index contributed by atoms with van der Waals surface area (Å²) in [4.78, 5) is 49.1. The van der Waals surface area contributed by atoms with E-state index in [0.29, 0.717) is 24.8 Å². The fourth-order valence-electron chi connectivity index (χ4n) is 1.58. The molecule has 1 saturated heterocycles. The van der Waals surface area contributed by atoms with E-state index in [4.69, 9.17) is 9.47 Å². The van der Waals surface area contributed by atoms with Gasteiger partial charge in [-0.2, -0.15) is 0 Å². The maximum atomic E-state index is 11.4.